The molecule has 0 amide bonds. The highest BCUT2D eigenvalue weighted by Gasteiger charge is 2.45. The standard InChI is InChI=1S/C16H21FN2O3S/c17-14-9-12(18-13-10-16(22-11-13)5-1-6-16)3-4-15(14)19-7-2-8-23(19,20)21/h3-4,9,13,18H,1-2,5-8,10-11H2. The van der Waals surface area contributed by atoms with Gasteiger partial charge in [-0.1, -0.05) is 0 Å². The highest BCUT2D eigenvalue weighted by molar-refractivity contribution is 7.93. The predicted molar refractivity (Wildman–Crippen MR) is 86.7 cm³/mol. The summed E-state index contributed by atoms with van der Waals surface area (Å²) < 4.78 is 45.3. The van der Waals surface area contributed by atoms with E-state index in [0.717, 1.165) is 19.3 Å². The van der Waals surface area contributed by atoms with Crippen molar-refractivity contribution in [1.82, 2.24) is 0 Å². The van der Waals surface area contributed by atoms with Crippen molar-refractivity contribution >= 4 is 21.4 Å². The van der Waals surface area contributed by atoms with Crippen molar-refractivity contribution in [2.45, 2.75) is 43.7 Å². The monoisotopic (exact) mass is 340 g/mol. The molecule has 0 radical (unpaired) electrons. The van der Waals surface area contributed by atoms with E-state index in [0.29, 0.717) is 25.3 Å². The average molecular weight is 340 g/mol. The molecule has 1 N–H and O–H groups in total. The van der Waals surface area contributed by atoms with Gasteiger partial charge in [0, 0.05) is 12.2 Å². The van der Waals surface area contributed by atoms with Crippen molar-refractivity contribution in [3.63, 3.8) is 0 Å². The zero-order valence-electron chi connectivity index (χ0n) is 12.9. The van der Waals surface area contributed by atoms with Crippen molar-refractivity contribution in [2.75, 3.05) is 28.5 Å². The summed E-state index contributed by atoms with van der Waals surface area (Å²) in [5, 5.41) is 3.31. The van der Waals surface area contributed by atoms with Gasteiger partial charge in [0.15, 0.2) is 0 Å². The molecule has 2 saturated heterocycles. The minimum absolute atomic E-state index is 0.0553. The van der Waals surface area contributed by atoms with E-state index >= 15 is 0 Å². The second-order valence-electron chi connectivity index (χ2n) is 6.80. The van der Waals surface area contributed by atoms with Crippen LogP contribution in [-0.4, -0.2) is 39.0 Å². The zero-order valence-corrected chi connectivity index (χ0v) is 13.7. The van der Waals surface area contributed by atoms with Crippen molar-refractivity contribution in [2.24, 2.45) is 0 Å². The molecule has 1 saturated carbocycles. The molecule has 7 heteroatoms. The van der Waals surface area contributed by atoms with E-state index in [4.69, 9.17) is 4.74 Å². The summed E-state index contributed by atoms with van der Waals surface area (Å²) in [6.07, 6.45) is 4.96. The summed E-state index contributed by atoms with van der Waals surface area (Å²) in [5.41, 5.74) is 0.874. The lowest BCUT2D eigenvalue weighted by atomic mass is 9.77. The molecule has 2 heterocycles. The van der Waals surface area contributed by atoms with Crippen LogP contribution in [0, 0.1) is 5.82 Å². The molecule has 1 atom stereocenters. The molecule has 3 fully saturated rings. The molecular weight excluding hydrogens is 319 g/mol. The van der Waals surface area contributed by atoms with Crippen LogP contribution in [0.3, 0.4) is 0 Å². The quantitative estimate of drug-likeness (QED) is 0.918. The normalized spacial score (nSPS) is 28.0. The van der Waals surface area contributed by atoms with Crippen LogP contribution in [0.15, 0.2) is 18.2 Å². The summed E-state index contributed by atoms with van der Waals surface area (Å²) >= 11 is 0. The molecular formula is C16H21FN2O3S. The van der Waals surface area contributed by atoms with E-state index in [1.165, 1.54) is 16.8 Å². The third-order valence-corrected chi connectivity index (χ3v) is 7.02. The Kier molecular flexibility index (Phi) is 3.53. The smallest absolute Gasteiger partial charge is 0.235 e. The van der Waals surface area contributed by atoms with Gasteiger partial charge in [-0.15, -0.1) is 0 Å². The molecule has 1 aromatic rings. The van der Waals surface area contributed by atoms with Crippen LogP contribution < -0.4 is 9.62 Å². The third-order valence-electron chi connectivity index (χ3n) is 5.16. The van der Waals surface area contributed by atoms with Gasteiger partial charge in [0.1, 0.15) is 5.82 Å². The van der Waals surface area contributed by atoms with Gasteiger partial charge < -0.3 is 10.1 Å². The molecule has 1 unspecified atom stereocenters. The van der Waals surface area contributed by atoms with Crippen molar-refractivity contribution < 1.29 is 17.5 Å². The zero-order chi connectivity index (χ0) is 16.1. The SMILES string of the molecule is O=S1(=O)CCCN1c1ccc(NC2COC3(CCC3)C2)cc1F. The number of anilines is 2. The number of ether oxygens (including phenoxy) is 1. The lowest BCUT2D eigenvalue weighted by Crippen LogP contribution is -2.36. The Bertz CT molecular complexity index is 718. The minimum Gasteiger partial charge on any atom is -0.380 e. The highest BCUT2D eigenvalue weighted by atomic mass is 32.2. The van der Waals surface area contributed by atoms with Crippen LogP contribution in [0.2, 0.25) is 0 Å². The maximum Gasteiger partial charge on any atom is 0.235 e. The van der Waals surface area contributed by atoms with E-state index in [1.807, 2.05) is 0 Å². The first kappa shape index (κ1) is 15.2. The fourth-order valence-electron chi connectivity index (χ4n) is 3.80. The van der Waals surface area contributed by atoms with E-state index in [9.17, 15) is 12.8 Å². The lowest BCUT2D eigenvalue weighted by Gasteiger charge is -2.37. The molecule has 0 bridgehead atoms. The molecule has 1 spiro atoms. The van der Waals surface area contributed by atoms with Gasteiger partial charge in [0.2, 0.25) is 10.0 Å². The maximum absolute atomic E-state index is 14.4. The summed E-state index contributed by atoms with van der Waals surface area (Å²) in [6, 6.07) is 4.87. The molecule has 5 nitrogen and oxygen atoms in total. The van der Waals surface area contributed by atoms with Crippen LogP contribution >= 0.6 is 0 Å². The number of halogens is 1. The first-order chi connectivity index (χ1) is 11.0. The van der Waals surface area contributed by atoms with Gasteiger partial charge in [-0.3, -0.25) is 4.31 Å². The van der Waals surface area contributed by atoms with Crippen LogP contribution in [-0.2, 0) is 14.8 Å². The fourth-order valence-corrected chi connectivity index (χ4v) is 5.37. The first-order valence-corrected chi connectivity index (χ1v) is 9.79. The van der Waals surface area contributed by atoms with E-state index < -0.39 is 15.8 Å². The van der Waals surface area contributed by atoms with Gasteiger partial charge in [0.05, 0.1) is 29.7 Å². The topological polar surface area (TPSA) is 58.6 Å². The van der Waals surface area contributed by atoms with Crippen molar-refractivity contribution in [1.29, 1.82) is 0 Å². The molecule has 0 aromatic heterocycles. The van der Waals surface area contributed by atoms with E-state index in [-0.39, 0.29) is 23.1 Å². The molecule has 3 aliphatic rings. The van der Waals surface area contributed by atoms with Gasteiger partial charge in [-0.2, -0.15) is 0 Å². The Morgan fingerprint density at radius 1 is 1.30 bits per heavy atom. The number of hydrogen-bond acceptors (Lipinski definition) is 4. The minimum atomic E-state index is -3.36. The largest absolute Gasteiger partial charge is 0.380 e. The third kappa shape index (κ3) is 2.70. The van der Waals surface area contributed by atoms with Crippen LogP contribution in [0.4, 0.5) is 15.8 Å². The van der Waals surface area contributed by atoms with Crippen molar-refractivity contribution in [3.8, 4) is 0 Å². The Labute approximate surface area is 135 Å². The van der Waals surface area contributed by atoms with Crippen molar-refractivity contribution in [3.05, 3.63) is 24.0 Å². The Morgan fingerprint density at radius 2 is 2.13 bits per heavy atom. The van der Waals surface area contributed by atoms with Gasteiger partial charge in [0.25, 0.3) is 0 Å². The number of nitrogens with zero attached hydrogens (tertiary/aromatic N) is 1. The summed E-state index contributed by atoms with van der Waals surface area (Å²) in [6.45, 7) is 0.995. The average Bonchev–Trinajstić information content (AvgIpc) is 3.03. The Balaban J connectivity index is 1.48. The van der Waals surface area contributed by atoms with E-state index in [1.54, 1.807) is 12.1 Å². The maximum atomic E-state index is 14.4. The number of hydrogen-bond donors (Lipinski definition) is 1. The highest BCUT2D eigenvalue weighted by Crippen LogP contribution is 2.44. The second kappa shape index (κ2) is 5.34. The molecule has 126 valence electrons. The second-order valence-corrected chi connectivity index (χ2v) is 8.81. The van der Waals surface area contributed by atoms with Crippen LogP contribution in [0.5, 0.6) is 0 Å². The number of sulfonamides is 1. The molecule has 4 rings (SSSR count). The Morgan fingerprint density at radius 3 is 2.70 bits per heavy atom. The number of nitrogens with one attached hydrogen (secondary N) is 1. The summed E-state index contributed by atoms with van der Waals surface area (Å²) in [5.74, 6) is -0.411. The summed E-state index contributed by atoms with van der Waals surface area (Å²) in [7, 11) is -3.36. The summed E-state index contributed by atoms with van der Waals surface area (Å²) in [4.78, 5) is 0. The van der Waals surface area contributed by atoms with Crippen LogP contribution in [0.25, 0.3) is 0 Å². The lowest BCUT2D eigenvalue weighted by molar-refractivity contribution is -0.0562. The predicted octanol–water partition coefficient (Wildman–Crippen LogP) is 2.49. The molecule has 2 aliphatic heterocycles. The Hall–Kier alpha value is -1.34. The first-order valence-electron chi connectivity index (χ1n) is 8.18. The molecule has 1 aromatic carbocycles. The molecule has 23 heavy (non-hydrogen) atoms. The fraction of sp³-hybridized carbons (Fsp3) is 0.625. The van der Waals surface area contributed by atoms with Gasteiger partial charge in [-0.25, -0.2) is 12.8 Å². The van der Waals surface area contributed by atoms with E-state index in [2.05, 4.69) is 5.32 Å². The van der Waals surface area contributed by atoms with Gasteiger partial charge >= 0.3 is 0 Å². The number of rotatable bonds is 3. The van der Waals surface area contributed by atoms with Crippen LogP contribution in [0.1, 0.15) is 32.1 Å². The van der Waals surface area contributed by atoms with Gasteiger partial charge in [-0.05, 0) is 50.3 Å². The number of benzene rings is 1. The molecule has 1 aliphatic carbocycles.